The number of ether oxygens (including phenoxy) is 1. The number of nitrogens with one attached hydrogen (secondary N) is 2. The maximum atomic E-state index is 12.4. The van der Waals surface area contributed by atoms with Crippen molar-refractivity contribution < 1.29 is 18.7 Å². The lowest BCUT2D eigenvalue weighted by Gasteiger charge is -2.12. The first-order valence-electron chi connectivity index (χ1n) is 7.43. The molecule has 6 nitrogen and oxygen atoms in total. The molecule has 0 aliphatic heterocycles. The van der Waals surface area contributed by atoms with Gasteiger partial charge in [-0.3, -0.25) is 9.59 Å². The number of benzene rings is 1. The van der Waals surface area contributed by atoms with Gasteiger partial charge >= 0.3 is 0 Å². The highest BCUT2D eigenvalue weighted by Crippen LogP contribution is 2.25. The van der Waals surface area contributed by atoms with Gasteiger partial charge in [0.25, 0.3) is 11.8 Å². The first kappa shape index (κ1) is 15.1. The molecule has 1 aliphatic carbocycles. The van der Waals surface area contributed by atoms with Crippen molar-refractivity contribution in [3.8, 4) is 5.75 Å². The van der Waals surface area contributed by atoms with Gasteiger partial charge in [0.2, 0.25) is 0 Å². The zero-order valence-corrected chi connectivity index (χ0v) is 13.0. The van der Waals surface area contributed by atoms with Crippen LogP contribution in [0, 0.1) is 6.92 Å². The van der Waals surface area contributed by atoms with Gasteiger partial charge in [-0.1, -0.05) is 0 Å². The summed E-state index contributed by atoms with van der Waals surface area (Å²) in [4.78, 5) is 24.7. The highest BCUT2D eigenvalue weighted by Gasteiger charge is 2.25. The second-order valence-electron chi connectivity index (χ2n) is 5.50. The molecule has 0 unspecified atom stereocenters. The van der Waals surface area contributed by atoms with Crippen LogP contribution in [-0.4, -0.2) is 25.0 Å². The largest absolute Gasteiger partial charge is 0.497 e. The molecule has 1 aromatic carbocycles. The molecule has 1 fully saturated rings. The Balaban J connectivity index is 1.86. The number of aryl methyl sites for hydroxylation is 1. The van der Waals surface area contributed by atoms with Crippen LogP contribution in [0.2, 0.25) is 0 Å². The second-order valence-corrected chi connectivity index (χ2v) is 5.50. The summed E-state index contributed by atoms with van der Waals surface area (Å²) >= 11 is 0. The van der Waals surface area contributed by atoms with Gasteiger partial charge in [-0.05, 0) is 44.0 Å². The molecule has 23 heavy (non-hydrogen) atoms. The number of amides is 2. The number of hydrogen-bond acceptors (Lipinski definition) is 4. The predicted octanol–water partition coefficient (Wildman–Crippen LogP) is 2.74. The number of anilines is 1. The lowest BCUT2D eigenvalue weighted by molar-refractivity contribution is 0.0951. The third kappa shape index (κ3) is 3.36. The molecule has 0 saturated heterocycles. The normalized spacial score (nSPS) is 13.5. The van der Waals surface area contributed by atoms with Gasteiger partial charge < -0.3 is 19.8 Å². The van der Waals surface area contributed by atoms with Crippen LogP contribution in [0.4, 0.5) is 5.69 Å². The first-order chi connectivity index (χ1) is 11.1. The van der Waals surface area contributed by atoms with E-state index in [2.05, 4.69) is 10.6 Å². The predicted molar refractivity (Wildman–Crippen MR) is 84.9 cm³/mol. The summed E-state index contributed by atoms with van der Waals surface area (Å²) in [6.07, 6.45) is 3.44. The van der Waals surface area contributed by atoms with E-state index in [1.54, 1.807) is 31.2 Å². The number of rotatable bonds is 5. The third-order valence-corrected chi connectivity index (χ3v) is 3.74. The molecule has 2 N–H and O–H groups in total. The number of carbonyl (C=O) groups is 2. The van der Waals surface area contributed by atoms with Crippen LogP contribution >= 0.6 is 0 Å². The molecule has 3 rings (SSSR count). The fraction of sp³-hybridized carbons (Fsp3) is 0.294. The Kier molecular flexibility index (Phi) is 4.06. The highest BCUT2D eigenvalue weighted by atomic mass is 16.5. The molecule has 1 saturated carbocycles. The summed E-state index contributed by atoms with van der Waals surface area (Å²) in [6.45, 7) is 1.71. The van der Waals surface area contributed by atoms with E-state index < -0.39 is 0 Å². The van der Waals surface area contributed by atoms with Crippen molar-refractivity contribution in [2.75, 3.05) is 12.4 Å². The van der Waals surface area contributed by atoms with Gasteiger partial charge in [0.05, 0.1) is 30.2 Å². The molecule has 0 radical (unpaired) electrons. The summed E-state index contributed by atoms with van der Waals surface area (Å²) < 4.78 is 10.3. The third-order valence-electron chi connectivity index (χ3n) is 3.74. The Morgan fingerprint density at radius 3 is 2.57 bits per heavy atom. The highest BCUT2D eigenvalue weighted by molar-refractivity contribution is 6.09. The fourth-order valence-corrected chi connectivity index (χ4v) is 2.25. The zero-order chi connectivity index (χ0) is 16.4. The van der Waals surface area contributed by atoms with E-state index in [-0.39, 0.29) is 17.9 Å². The summed E-state index contributed by atoms with van der Waals surface area (Å²) in [5.41, 5.74) is 1.26. The van der Waals surface area contributed by atoms with Gasteiger partial charge in [0.15, 0.2) is 0 Å². The molecular weight excluding hydrogens is 296 g/mol. The monoisotopic (exact) mass is 314 g/mol. The Morgan fingerprint density at radius 1 is 1.17 bits per heavy atom. The van der Waals surface area contributed by atoms with E-state index in [1.807, 2.05) is 0 Å². The Hall–Kier alpha value is -2.76. The van der Waals surface area contributed by atoms with Crippen LogP contribution in [0.5, 0.6) is 5.75 Å². The molecule has 1 aromatic heterocycles. The molecule has 1 heterocycles. The minimum absolute atomic E-state index is 0.217. The van der Waals surface area contributed by atoms with Crippen LogP contribution in [0.1, 0.15) is 39.3 Å². The van der Waals surface area contributed by atoms with Crippen LogP contribution in [0.25, 0.3) is 0 Å². The van der Waals surface area contributed by atoms with E-state index >= 15 is 0 Å². The van der Waals surface area contributed by atoms with Crippen molar-refractivity contribution in [3.63, 3.8) is 0 Å². The molecule has 0 spiro atoms. The summed E-state index contributed by atoms with van der Waals surface area (Å²) in [7, 11) is 1.53. The molecule has 2 aromatic rings. The minimum atomic E-state index is -0.318. The molecular formula is C17H18N2O4. The molecule has 2 amide bonds. The SMILES string of the molecule is COc1ccc(NC(=O)c2ccoc2C)c(C(=O)NC2CC2)c1. The van der Waals surface area contributed by atoms with E-state index in [0.29, 0.717) is 28.3 Å². The maximum Gasteiger partial charge on any atom is 0.259 e. The Morgan fingerprint density at radius 2 is 1.96 bits per heavy atom. The number of furan rings is 1. The molecule has 120 valence electrons. The molecule has 0 bridgehead atoms. The van der Waals surface area contributed by atoms with E-state index in [0.717, 1.165) is 12.8 Å². The van der Waals surface area contributed by atoms with Gasteiger partial charge in [-0.15, -0.1) is 0 Å². The summed E-state index contributed by atoms with van der Waals surface area (Å²) in [5, 5.41) is 5.68. The van der Waals surface area contributed by atoms with E-state index in [9.17, 15) is 9.59 Å². The van der Waals surface area contributed by atoms with E-state index in [1.165, 1.54) is 13.4 Å². The second kappa shape index (κ2) is 6.16. The minimum Gasteiger partial charge on any atom is -0.497 e. The van der Waals surface area contributed by atoms with Crippen molar-refractivity contribution in [3.05, 3.63) is 47.4 Å². The molecule has 0 atom stereocenters. The fourth-order valence-electron chi connectivity index (χ4n) is 2.25. The molecule has 6 heteroatoms. The average molecular weight is 314 g/mol. The van der Waals surface area contributed by atoms with Crippen LogP contribution in [0.3, 0.4) is 0 Å². The van der Waals surface area contributed by atoms with Gasteiger partial charge in [0.1, 0.15) is 11.5 Å². The van der Waals surface area contributed by atoms with Crippen molar-refractivity contribution >= 4 is 17.5 Å². The smallest absolute Gasteiger partial charge is 0.259 e. The quantitative estimate of drug-likeness (QED) is 0.889. The topological polar surface area (TPSA) is 80.6 Å². The Labute approximate surface area is 133 Å². The summed E-state index contributed by atoms with van der Waals surface area (Å²) in [6, 6.07) is 6.81. The van der Waals surface area contributed by atoms with Crippen molar-refractivity contribution in [1.82, 2.24) is 5.32 Å². The number of methoxy groups -OCH3 is 1. The lowest BCUT2D eigenvalue weighted by atomic mass is 10.1. The van der Waals surface area contributed by atoms with Gasteiger partial charge in [-0.2, -0.15) is 0 Å². The first-order valence-corrected chi connectivity index (χ1v) is 7.43. The van der Waals surface area contributed by atoms with E-state index in [4.69, 9.17) is 9.15 Å². The zero-order valence-electron chi connectivity index (χ0n) is 13.0. The van der Waals surface area contributed by atoms with Crippen molar-refractivity contribution in [2.24, 2.45) is 0 Å². The average Bonchev–Trinajstić information content (AvgIpc) is 3.25. The maximum absolute atomic E-state index is 12.4. The molecule has 1 aliphatic rings. The van der Waals surface area contributed by atoms with Crippen LogP contribution in [0.15, 0.2) is 34.9 Å². The van der Waals surface area contributed by atoms with Crippen LogP contribution < -0.4 is 15.4 Å². The van der Waals surface area contributed by atoms with Crippen molar-refractivity contribution in [2.45, 2.75) is 25.8 Å². The number of carbonyl (C=O) groups excluding carboxylic acids is 2. The van der Waals surface area contributed by atoms with Crippen LogP contribution in [-0.2, 0) is 0 Å². The van der Waals surface area contributed by atoms with Gasteiger partial charge in [0, 0.05) is 6.04 Å². The number of hydrogen-bond donors (Lipinski definition) is 2. The lowest BCUT2D eigenvalue weighted by Crippen LogP contribution is -2.27. The Bertz CT molecular complexity index is 747. The summed E-state index contributed by atoms with van der Waals surface area (Å²) in [5.74, 6) is 0.552. The van der Waals surface area contributed by atoms with Crippen molar-refractivity contribution in [1.29, 1.82) is 0 Å². The standard InChI is InChI=1S/C17H18N2O4/c1-10-13(7-8-23-10)16(20)19-15-6-5-12(22-2)9-14(15)17(21)18-11-3-4-11/h5-9,11H,3-4H2,1-2H3,(H,18,21)(H,19,20). The van der Waals surface area contributed by atoms with Gasteiger partial charge in [-0.25, -0.2) is 0 Å².